The highest BCUT2D eigenvalue weighted by atomic mass is 32.2. The van der Waals surface area contributed by atoms with Crippen molar-refractivity contribution in [3.05, 3.63) is 41.6 Å². The minimum Gasteiger partial charge on any atom is -0.497 e. The summed E-state index contributed by atoms with van der Waals surface area (Å²) in [5, 5.41) is 5.92. The number of benzene rings is 1. The van der Waals surface area contributed by atoms with Crippen molar-refractivity contribution in [2.75, 3.05) is 40.0 Å². The number of amides is 4. The molecule has 4 fully saturated rings. The Morgan fingerprint density at radius 2 is 1.73 bits per heavy atom. The molecule has 350 valence electrons. The number of nitrogens with zero attached hydrogens (tertiary/aromatic N) is 3. The van der Waals surface area contributed by atoms with Gasteiger partial charge in [-0.05, 0) is 84.4 Å². The Hall–Kier alpha value is -4.69. The molecule has 2 saturated heterocycles. The van der Waals surface area contributed by atoms with E-state index in [0.717, 1.165) is 0 Å². The highest BCUT2D eigenvalue weighted by Gasteiger charge is 2.64. The lowest BCUT2D eigenvalue weighted by Gasteiger charge is -2.45. The van der Waals surface area contributed by atoms with Crippen molar-refractivity contribution in [1.29, 1.82) is 0 Å². The summed E-state index contributed by atoms with van der Waals surface area (Å²) in [5.74, 6) is -3.16. The average Bonchev–Trinajstić information content (AvgIpc) is 4.12. The fourth-order valence-electron chi connectivity index (χ4n) is 9.57. The van der Waals surface area contributed by atoms with Crippen molar-refractivity contribution in [2.45, 2.75) is 138 Å². The molecule has 1 spiro atoms. The molecule has 1 aromatic heterocycles. The predicted octanol–water partition coefficient (Wildman–Crippen LogP) is 5.04. The van der Waals surface area contributed by atoms with Crippen LogP contribution in [0.3, 0.4) is 0 Å². The Bertz CT molecular complexity index is 2350. The number of fused-ring (bicyclic) bond motifs is 5. The summed E-state index contributed by atoms with van der Waals surface area (Å²) in [7, 11) is -2.68. The molecule has 3 N–H and O–H groups in total. The molecular weight excluding hydrogens is 862 g/mol. The quantitative estimate of drug-likeness (QED) is 0.327. The van der Waals surface area contributed by atoms with Gasteiger partial charge in [-0.25, -0.2) is 18.2 Å². The van der Waals surface area contributed by atoms with Gasteiger partial charge in [0.25, 0.3) is 5.91 Å². The second-order valence-corrected chi connectivity index (χ2v) is 21.5. The first-order chi connectivity index (χ1) is 30.1. The number of carbonyl (C=O) groups excluding carboxylic acids is 4. The highest BCUT2D eigenvalue weighted by molar-refractivity contribution is 7.91. The number of hydrogen-bond acceptors (Lipinski definition) is 12. The molecule has 4 aliphatic heterocycles. The molecule has 6 atom stereocenters. The van der Waals surface area contributed by atoms with Crippen LogP contribution in [-0.2, 0) is 40.1 Å². The zero-order valence-electron chi connectivity index (χ0n) is 36.8. The molecule has 6 aliphatic rings. The summed E-state index contributed by atoms with van der Waals surface area (Å²) in [5.41, 5.74) is -5.21. The van der Waals surface area contributed by atoms with Crippen molar-refractivity contribution in [3.63, 3.8) is 0 Å². The van der Waals surface area contributed by atoms with Crippen LogP contribution in [-0.4, -0.2) is 121 Å². The van der Waals surface area contributed by atoms with Gasteiger partial charge in [0.15, 0.2) is 11.4 Å². The molecule has 1 aromatic carbocycles. The predicted molar refractivity (Wildman–Crippen MR) is 226 cm³/mol. The van der Waals surface area contributed by atoms with Gasteiger partial charge in [0.2, 0.25) is 21.8 Å². The molecule has 2 aromatic rings. The van der Waals surface area contributed by atoms with E-state index in [4.69, 9.17) is 18.9 Å². The maximum Gasteiger partial charge on any atom is 0.437 e. The highest BCUT2D eigenvalue weighted by Crippen LogP contribution is 2.54. The van der Waals surface area contributed by atoms with Gasteiger partial charge < -0.3 is 34.5 Å². The van der Waals surface area contributed by atoms with E-state index in [1.807, 2.05) is 11.0 Å². The number of alkyl carbamates (subject to hydrolysis) is 1. The number of ether oxygens (including phenoxy) is 4. The number of alkyl halides is 3. The molecule has 5 heterocycles. The van der Waals surface area contributed by atoms with Gasteiger partial charge in [0, 0.05) is 48.8 Å². The molecule has 0 unspecified atom stereocenters. The lowest BCUT2D eigenvalue weighted by atomic mass is 9.82. The fraction of sp³-hybridized carbons (Fsp3) is 0.659. The van der Waals surface area contributed by atoms with Gasteiger partial charge in [-0.3, -0.25) is 24.0 Å². The molecule has 0 radical (unpaired) electrons. The number of aromatic nitrogens is 1. The Morgan fingerprint density at radius 3 is 2.41 bits per heavy atom. The summed E-state index contributed by atoms with van der Waals surface area (Å²) < 4.78 is 96.9. The van der Waals surface area contributed by atoms with E-state index in [1.165, 1.54) is 31.1 Å². The maximum atomic E-state index is 15.3. The van der Waals surface area contributed by atoms with Crippen LogP contribution in [0.15, 0.2) is 30.4 Å². The first-order valence-electron chi connectivity index (χ1n) is 22.0. The number of rotatable bonds is 6. The maximum absolute atomic E-state index is 15.3. The molecule has 0 bridgehead atoms. The number of morpholine rings is 1. The van der Waals surface area contributed by atoms with Crippen molar-refractivity contribution >= 4 is 44.7 Å². The van der Waals surface area contributed by atoms with Crippen LogP contribution in [0.25, 0.3) is 10.9 Å². The summed E-state index contributed by atoms with van der Waals surface area (Å²) in [6.07, 6.45) is 0.902. The number of allylic oxidation sites excluding steroid dienone is 1. The lowest BCUT2D eigenvalue weighted by molar-refractivity contribution is -0.145. The number of pyridine rings is 1. The van der Waals surface area contributed by atoms with Crippen LogP contribution in [0.2, 0.25) is 0 Å². The first-order valence-corrected chi connectivity index (χ1v) is 23.5. The minimum absolute atomic E-state index is 0.0269. The molecule has 2 aliphatic carbocycles. The van der Waals surface area contributed by atoms with Gasteiger partial charge in [0.1, 0.15) is 34.6 Å². The summed E-state index contributed by atoms with van der Waals surface area (Å²) in [6, 6.07) is 1.20. The molecular formula is C44H57F3N6O10S. The van der Waals surface area contributed by atoms with Gasteiger partial charge in [-0.15, -0.1) is 0 Å². The first kappa shape index (κ1) is 45.9. The van der Waals surface area contributed by atoms with E-state index in [9.17, 15) is 22.8 Å². The monoisotopic (exact) mass is 918 g/mol. The third-order valence-electron chi connectivity index (χ3n) is 13.5. The van der Waals surface area contributed by atoms with Crippen LogP contribution in [0.4, 0.5) is 18.0 Å². The van der Waals surface area contributed by atoms with E-state index in [-0.39, 0.29) is 43.3 Å². The molecule has 2 saturated carbocycles. The fourth-order valence-corrected chi connectivity index (χ4v) is 10.9. The number of halogens is 3. The van der Waals surface area contributed by atoms with Gasteiger partial charge in [-0.1, -0.05) is 25.0 Å². The topological polar surface area (TPSA) is 195 Å². The molecule has 8 rings (SSSR count). The van der Waals surface area contributed by atoms with E-state index >= 15 is 18.0 Å². The van der Waals surface area contributed by atoms with Crippen LogP contribution in [0, 0.1) is 5.92 Å². The average molecular weight is 919 g/mol. The van der Waals surface area contributed by atoms with Gasteiger partial charge >= 0.3 is 12.3 Å². The summed E-state index contributed by atoms with van der Waals surface area (Å²) >= 11 is 0. The Labute approximate surface area is 370 Å². The largest absolute Gasteiger partial charge is 0.497 e. The van der Waals surface area contributed by atoms with E-state index in [0.29, 0.717) is 76.0 Å². The Balaban J connectivity index is 1.23. The Kier molecular flexibility index (Phi) is 11.9. The second-order valence-electron chi connectivity index (χ2n) is 19.3. The van der Waals surface area contributed by atoms with E-state index in [1.54, 1.807) is 32.9 Å². The minimum atomic E-state index is -4.99. The SMILES string of the molecule is COc1ccc2nc(C(F)(F)F)c3c(c2c1)[C@H](N1CCOCC1)C[C@]1(C[C@H]2C(=O)N[C@]4(C(=O)NS(=O)(=O)C5(C)CC5)C[C@@H]4/C=C\CCCCC[C@H](NC(=O)OC(C)(C)C)C(=O)N2C1)O3. The third kappa shape index (κ3) is 8.97. The molecule has 64 heavy (non-hydrogen) atoms. The number of hydrogen-bond donors (Lipinski definition) is 3. The van der Waals surface area contributed by atoms with E-state index < -0.39 is 97.0 Å². The zero-order chi connectivity index (χ0) is 46.0. The normalized spacial score (nSPS) is 30.3. The standard InChI is InChI=1S/C44H57F3N6O10S/c1-40(2,3)63-39(57)49-30-12-10-8-6-7-9-11-26-22-43(26,38(56)51-64(58,59)41(4)15-16-41)50-36(54)32-24-42(25-53(32)37(30)55)23-31(52-17-19-61-20-18-52)33-28-21-27(60-5)13-14-29(28)48-35(34(33)62-42)44(45,46)47/h9,11,13-14,21,26,30-32H,6-8,10,12,15-20,22-25H2,1-5H3,(H,49,57)(H,50,54)(H,51,56)/b11-9-/t26-,30-,31+,32-,42+,43+/m0/s1. The third-order valence-corrected chi connectivity index (χ3v) is 15.6. The van der Waals surface area contributed by atoms with Gasteiger partial charge in [-0.2, -0.15) is 13.2 Å². The number of nitrogens with one attached hydrogen (secondary N) is 3. The lowest BCUT2D eigenvalue weighted by Crippen LogP contribution is -2.58. The zero-order valence-corrected chi connectivity index (χ0v) is 37.6. The van der Waals surface area contributed by atoms with E-state index in [2.05, 4.69) is 20.3 Å². The van der Waals surface area contributed by atoms with Gasteiger partial charge in [0.05, 0.1) is 37.1 Å². The smallest absolute Gasteiger partial charge is 0.437 e. The number of methoxy groups -OCH3 is 1. The van der Waals surface area contributed by atoms with Crippen LogP contribution in [0.5, 0.6) is 11.5 Å². The number of sulfonamides is 1. The molecule has 4 amide bonds. The molecule has 20 heteroatoms. The Morgan fingerprint density at radius 1 is 1.02 bits per heavy atom. The van der Waals surface area contributed by atoms with Crippen molar-refractivity contribution in [2.24, 2.45) is 5.92 Å². The van der Waals surface area contributed by atoms with Crippen LogP contribution in [0.1, 0.15) is 109 Å². The second kappa shape index (κ2) is 16.6. The van der Waals surface area contributed by atoms with Crippen molar-refractivity contribution < 1.29 is 59.7 Å². The van der Waals surface area contributed by atoms with Crippen molar-refractivity contribution in [1.82, 2.24) is 30.1 Å². The van der Waals surface area contributed by atoms with Crippen LogP contribution < -0.4 is 24.8 Å². The number of carbonyl (C=O) groups is 4. The summed E-state index contributed by atoms with van der Waals surface area (Å²) in [6.45, 7) is 7.50. The van der Waals surface area contributed by atoms with Crippen LogP contribution >= 0.6 is 0 Å². The summed E-state index contributed by atoms with van der Waals surface area (Å²) in [4.78, 5) is 64.8. The molecule has 16 nitrogen and oxygen atoms in total. The van der Waals surface area contributed by atoms with Crippen molar-refractivity contribution in [3.8, 4) is 11.5 Å².